The van der Waals surface area contributed by atoms with Crippen LogP contribution in [0.15, 0.2) is 4.99 Å². The van der Waals surface area contributed by atoms with E-state index in [1.807, 2.05) is 6.92 Å². The molecule has 0 aromatic carbocycles. The summed E-state index contributed by atoms with van der Waals surface area (Å²) >= 11 is 0. The standard InChI is InChI=1S/C35H55NO6/c1-18-17-22(27(30(7,8)39)41-21(4)37)42-35-26(18)31(9)15-16-34-19(2)33(34)14-13-25(38)29(5,6)23(33)11-12-24(34)32(31,10)28(35)40-20(3)36-35/h18-19,22-28,38-39H,11-17H2,1-10H3. The fourth-order valence-corrected chi connectivity index (χ4v) is 14.0. The number of rotatable bonds is 3. The quantitative estimate of drug-likeness (QED) is 0.401. The molecule has 2 heterocycles. The molecule has 2 N–H and O–H groups in total. The summed E-state index contributed by atoms with van der Waals surface area (Å²) in [5, 5.41) is 22.3. The van der Waals surface area contributed by atoms with E-state index in [0.29, 0.717) is 30.1 Å². The van der Waals surface area contributed by atoms with Gasteiger partial charge in [-0.15, -0.1) is 0 Å². The highest BCUT2D eigenvalue weighted by atomic mass is 16.6. The normalized spacial score (nSPS) is 55.9. The number of ether oxygens (including phenoxy) is 3. The van der Waals surface area contributed by atoms with E-state index in [-0.39, 0.29) is 51.1 Å². The molecule has 236 valence electrons. The van der Waals surface area contributed by atoms with Gasteiger partial charge in [-0.1, -0.05) is 41.5 Å². The summed E-state index contributed by atoms with van der Waals surface area (Å²) in [6.07, 6.45) is 5.67. The molecule has 14 unspecified atom stereocenters. The number of aliphatic imine (C=N–C) groups is 1. The van der Waals surface area contributed by atoms with Crippen molar-refractivity contribution in [3.63, 3.8) is 0 Å². The van der Waals surface area contributed by atoms with Crippen LogP contribution in [0.25, 0.3) is 0 Å². The third kappa shape index (κ3) is 3.05. The number of hydrogen-bond donors (Lipinski definition) is 2. The first kappa shape index (κ1) is 29.5. The van der Waals surface area contributed by atoms with Crippen LogP contribution in [-0.2, 0) is 19.0 Å². The van der Waals surface area contributed by atoms with Crippen molar-refractivity contribution in [1.29, 1.82) is 0 Å². The Kier molecular flexibility index (Phi) is 5.86. The molecule has 42 heavy (non-hydrogen) atoms. The third-order valence-corrected chi connectivity index (χ3v) is 15.4. The first-order valence-electron chi connectivity index (χ1n) is 16.8. The van der Waals surface area contributed by atoms with Gasteiger partial charge in [-0.05, 0) is 104 Å². The van der Waals surface area contributed by atoms with Gasteiger partial charge in [0.25, 0.3) is 0 Å². The first-order chi connectivity index (χ1) is 19.4. The maximum absolute atomic E-state index is 12.2. The molecule has 0 aromatic rings. The van der Waals surface area contributed by atoms with Crippen LogP contribution in [0.4, 0.5) is 0 Å². The Labute approximate surface area is 252 Å². The summed E-state index contributed by atoms with van der Waals surface area (Å²) < 4.78 is 19.9. The highest BCUT2D eigenvalue weighted by Gasteiger charge is 2.90. The topological polar surface area (TPSA) is 97.6 Å². The maximum atomic E-state index is 12.2. The van der Waals surface area contributed by atoms with Crippen molar-refractivity contribution in [1.82, 2.24) is 0 Å². The largest absolute Gasteiger partial charge is 0.472 e. The first-order valence-corrected chi connectivity index (χ1v) is 16.8. The van der Waals surface area contributed by atoms with Crippen LogP contribution >= 0.6 is 0 Å². The van der Waals surface area contributed by atoms with E-state index in [9.17, 15) is 15.0 Å². The molecule has 0 bridgehead atoms. The molecule has 7 nitrogen and oxygen atoms in total. The molecule has 14 atom stereocenters. The number of aliphatic hydroxyl groups excluding tert-OH is 1. The van der Waals surface area contributed by atoms with Crippen molar-refractivity contribution >= 4 is 11.9 Å². The van der Waals surface area contributed by atoms with Gasteiger partial charge in [0, 0.05) is 25.2 Å². The zero-order valence-electron chi connectivity index (χ0n) is 27.6. The van der Waals surface area contributed by atoms with Crippen LogP contribution in [0.2, 0.25) is 0 Å². The van der Waals surface area contributed by atoms with Crippen LogP contribution < -0.4 is 0 Å². The highest BCUT2D eigenvalue weighted by molar-refractivity contribution is 5.76. The third-order valence-electron chi connectivity index (χ3n) is 15.4. The number of carbonyl (C=O) groups excluding carboxylic acids is 1. The molecule has 3 spiro atoms. The van der Waals surface area contributed by atoms with E-state index in [1.165, 1.54) is 13.3 Å². The lowest BCUT2D eigenvalue weighted by Crippen LogP contribution is -2.60. The number of hydrogen-bond acceptors (Lipinski definition) is 7. The van der Waals surface area contributed by atoms with Crippen molar-refractivity contribution in [2.75, 3.05) is 0 Å². The molecule has 7 rings (SSSR count). The van der Waals surface area contributed by atoms with Crippen molar-refractivity contribution in [3.8, 4) is 0 Å². The van der Waals surface area contributed by atoms with Gasteiger partial charge in [-0.2, -0.15) is 0 Å². The fraction of sp³-hybridized carbons (Fsp3) is 0.943. The molecule has 5 saturated carbocycles. The lowest BCUT2D eigenvalue weighted by Gasteiger charge is -2.63. The molecule has 0 aromatic heterocycles. The summed E-state index contributed by atoms with van der Waals surface area (Å²) in [6.45, 7) is 21.3. The molecule has 6 fully saturated rings. The summed E-state index contributed by atoms with van der Waals surface area (Å²) in [4.78, 5) is 17.5. The number of fused-ring (bicyclic) bond motifs is 4. The number of nitrogens with zero attached hydrogens (tertiary/aromatic N) is 1. The Morgan fingerprint density at radius 2 is 1.69 bits per heavy atom. The second kappa shape index (κ2) is 8.34. The number of esters is 1. The smallest absolute Gasteiger partial charge is 0.303 e. The van der Waals surface area contributed by atoms with Gasteiger partial charge < -0.3 is 24.4 Å². The van der Waals surface area contributed by atoms with Crippen LogP contribution in [0.5, 0.6) is 0 Å². The summed E-state index contributed by atoms with van der Waals surface area (Å²) in [6, 6.07) is 0. The van der Waals surface area contributed by atoms with Crippen molar-refractivity contribution in [2.24, 2.45) is 61.7 Å². The lowest BCUT2D eigenvalue weighted by molar-refractivity contribution is -0.247. The van der Waals surface area contributed by atoms with Crippen molar-refractivity contribution in [2.45, 2.75) is 150 Å². The van der Waals surface area contributed by atoms with E-state index in [4.69, 9.17) is 19.2 Å². The van der Waals surface area contributed by atoms with Crippen LogP contribution in [0.3, 0.4) is 0 Å². The summed E-state index contributed by atoms with van der Waals surface area (Å²) in [5.41, 5.74) is -1.84. The monoisotopic (exact) mass is 585 g/mol. The molecule has 1 saturated heterocycles. The molecule has 5 aliphatic carbocycles. The van der Waals surface area contributed by atoms with Crippen molar-refractivity contribution in [3.05, 3.63) is 0 Å². The van der Waals surface area contributed by atoms with E-state index in [2.05, 4.69) is 41.5 Å². The van der Waals surface area contributed by atoms with E-state index >= 15 is 0 Å². The van der Waals surface area contributed by atoms with Crippen LogP contribution in [0, 0.1) is 56.7 Å². The minimum absolute atomic E-state index is 0.0339. The number of carbonyl (C=O) groups is 1. The highest BCUT2D eigenvalue weighted by Crippen LogP contribution is 2.92. The summed E-state index contributed by atoms with van der Waals surface area (Å²) in [5.74, 6) is 2.35. The zero-order valence-corrected chi connectivity index (χ0v) is 27.6. The van der Waals surface area contributed by atoms with Gasteiger partial charge in [0.2, 0.25) is 5.72 Å². The zero-order chi connectivity index (χ0) is 30.6. The SMILES string of the molecule is CC(=O)OC(C1CC(C)C2C3(N=C(C)OC3C3(C)C4CCC5C(C)(C)C(O)CCC56C(C)C46CCC23C)O1)C(C)(C)O. The average Bonchev–Trinajstić information content (AvgIpc) is 3.14. The fourth-order valence-electron chi connectivity index (χ4n) is 14.0. The Balaban J connectivity index is 1.33. The Morgan fingerprint density at radius 3 is 2.33 bits per heavy atom. The summed E-state index contributed by atoms with van der Waals surface area (Å²) in [7, 11) is 0. The van der Waals surface area contributed by atoms with Crippen LogP contribution in [0.1, 0.15) is 114 Å². The van der Waals surface area contributed by atoms with E-state index < -0.39 is 29.5 Å². The Hall–Kier alpha value is -1.18. The Morgan fingerprint density at radius 1 is 1.05 bits per heavy atom. The predicted molar refractivity (Wildman–Crippen MR) is 159 cm³/mol. The lowest BCUT2D eigenvalue weighted by atomic mass is 9.41. The minimum Gasteiger partial charge on any atom is -0.472 e. The van der Waals surface area contributed by atoms with Crippen molar-refractivity contribution < 1.29 is 29.2 Å². The van der Waals surface area contributed by atoms with Gasteiger partial charge in [0.15, 0.2) is 18.1 Å². The minimum atomic E-state index is -1.26. The number of aliphatic hydroxyl groups is 2. The van der Waals surface area contributed by atoms with Crippen LogP contribution in [-0.4, -0.2) is 57.8 Å². The van der Waals surface area contributed by atoms with Gasteiger partial charge in [-0.3, -0.25) is 4.79 Å². The average molecular weight is 586 g/mol. The van der Waals surface area contributed by atoms with E-state index in [0.717, 1.165) is 32.1 Å². The molecule has 0 radical (unpaired) electrons. The van der Waals surface area contributed by atoms with E-state index in [1.54, 1.807) is 13.8 Å². The second-order valence-corrected chi connectivity index (χ2v) is 17.5. The molecule has 7 heteroatoms. The molecular weight excluding hydrogens is 530 g/mol. The molecule has 7 aliphatic rings. The second-order valence-electron chi connectivity index (χ2n) is 17.5. The van der Waals surface area contributed by atoms with Gasteiger partial charge in [-0.25, -0.2) is 4.99 Å². The van der Waals surface area contributed by atoms with Gasteiger partial charge in [0.1, 0.15) is 6.10 Å². The molecule has 0 amide bonds. The predicted octanol–water partition coefficient (Wildman–Crippen LogP) is 5.89. The van der Waals surface area contributed by atoms with Gasteiger partial charge in [0.05, 0.1) is 11.7 Å². The molecular formula is C35H55NO6. The maximum Gasteiger partial charge on any atom is 0.303 e. The van der Waals surface area contributed by atoms with Gasteiger partial charge >= 0.3 is 5.97 Å². The molecule has 2 aliphatic heterocycles. The Bertz CT molecular complexity index is 1220.